The largest absolute Gasteiger partial charge is 0.379 e. The van der Waals surface area contributed by atoms with Gasteiger partial charge in [0.25, 0.3) is 0 Å². The van der Waals surface area contributed by atoms with Crippen LogP contribution in [0.3, 0.4) is 0 Å². The Labute approximate surface area is 109 Å². The Morgan fingerprint density at radius 3 is 2.59 bits per heavy atom. The second-order valence-electron chi connectivity index (χ2n) is 4.26. The van der Waals surface area contributed by atoms with E-state index in [4.69, 9.17) is 4.74 Å². The number of nitrogens with one attached hydrogen (secondary N) is 1. The average Bonchev–Trinajstić information content (AvgIpc) is 2.63. The van der Waals surface area contributed by atoms with Crippen molar-refractivity contribution in [3.05, 3.63) is 15.6 Å². The molecule has 0 bridgehead atoms. The molecule has 1 unspecified atom stereocenters. The van der Waals surface area contributed by atoms with Crippen molar-refractivity contribution in [1.29, 1.82) is 0 Å². The number of aromatic nitrogens is 1. The van der Waals surface area contributed by atoms with Crippen LogP contribution in [-0.4, -0.2) is 24.7 Å². The first-order valence-electron chi connectivity index (χ1n) is 6.44. The van der Waals surface area contributed by atoms with Crippen molar-refractivity contribution in [3.8, 4) is 0 Å². The fraction of sp³-hybridized carbons (Fsp3) is 0.769. The first-order valence-corrected chi connectivity index (χ1v) is 7.25. The van der Waals surface area contributed by atoms with E-state index in [2.05, 4.69) is 38.0 Å². The van der Waals surface area contributed by atoms with E-state index < -0.39 is 0 Å². The summed E-state index contributed by atoms with van der Waals surface area (Å²) >= 11 is 1.78. The van der Waals surface area contributed by atoms with E-state index in [1.165, 1.54) is 4.88 Å². The van der Waals surface area contributed by atoms with Crippen LogP contribution in [0.15, 0.2) is 0 Å². The van der Waals surface area contributed by atoms with Crippen molar-refractivity contribution >= 4 is 11.3 Å². The van der Waals surface area contributed by atoms with Crippen LogP contribution in [0.2, 0.25) is 0 Å². The highest BCUT2D eigenvalue weighted by Crippen LogP contribution is 2.25. The van der Waals surface area contributed by atoms with Gasteiger partial charge < -0.3 is 10.1 Å². The van der Waals surface area contributed by atoms with E-state index in [0.717, 1.165) is 43.3 Å². The molecule has 1 atom stereocenters. The lowest BCUT2D eigenvalue weighted by molar-refractivity contribution is 0.112. The molecule has 0 amide bonds. The number of hydrogen-bond acceptors (Lipinski definition) is 4. The minimum absolute atomic E-state index is 0.299. The highest BCUT2D eigenvalue weighted by molar-refractivity contribution is 7.11. The summed E-state index contributed by atoms with van der Waals surface area (Å²) in [5.41, 5.74) is 1.14. The zero-order valence-electron chi connectivity index (χ0n) is 11.4. The normalized spacial score (nSPS) is 12.9. The quantitative estimate of drug-likeness (QED) is 0.725. The number of rotatable bonds is 8. The highest BCUT2D eigenvalue weighted by atomic mass is 32.1. The summed E-state index contributed by atoms with van der Waals surface area (Å²) in [6.45, 7) is 11.1. The fourth-order valence-corrected chi connectivity index (χ4v) is 2.75. The molecule has 98 valence electrons. The van der Waals surface area contributed by atoms with Crippen LogP contribution in [0.25, 0.3) is 0 Å². The lowest BCUT2D eigenvalue weighted by Gasteiger charge is -2.17. The van der Waals surface area contributed by atoms with Gasteiger partial charge in [-0.15, -0.1) is 11.3 Å². The van der Waals surface area contributed by atoms with Crippen LogP contribution < -0.4 is 5.32 Å². The van der Waals surface area contributed by atoms with Crippen molar-refractivity contribution in [1.82, 2.24) is 10.3 Å². The van der Waals surface area contributed by atoms with Gasteiger partial charge in [-0.3, -0.25) is 0 Å². The zero-order chi connectivity index (χ0) is 12.7. The molecule has 0 saturated heterocycles. The molecule has 1 rings (SSSR count). The van der Waals surface area contributed by atoms with Gasteiger partial charge in [0.15, 0.2) is 0 Å². The van der Waals surface area contributed by atoms with Crippen molar-refractivity contribution in [2.75, 3.05) is 19.8 Å². The maximum atomic E-state index is 5.68. The summed E-state index contributed by atoms with van der Waals surface area (Å²) in [4.78, 5) is 5.82. The molecule has 0 aliphatic carbocycles. The van der Waals surface area contributed by atoms with Gasteiger partial charge in [0.2, 0.25) is 0 Å². The first-order chi connectivity index (χ1) is 8.19. The lowest BCUT2D eigenvalue weighted by atomic mass is 10.2. The predicted molar refractivity (Wildman–Crippen MR) is 73.7 cm³/mol. The summed E-state index contributed by atoms with van der Waals surface area (Å²) in [5, 5.41) is 4.68. The minimum Gasteiger partial charge on any atom is -0.379 e. The van der Waals surface area contributed by atoms with Crippen LogP contribution in [0.5, 0.6) is 0 Å². The van der Waals surface area contributed by atoms with Gasteiger partial charge in [-0.25, -0.2) is 4.98 Å². The number of thiazole rings is 1. The Morgan fingerprint density at radius 2 is 2.06 bits per heavy atom. The molecule has 3 nitrogen and oxygen atoms in total. The first kappa shape index (κ1) is 14.6. The number of nitrogens with zero attached hydrogens (tertiary/aromatic N) is 1. The van der Waals surface area contributed by atoms with Gasteiger partial charge >= 0.3 is 0 Å². The molecular weight excluding hydrogens is 232 g/mol. The highest BCUT2D eigenvalue weighted by Gasteiger charge is 2.16. The second kappa shape index (κ2) is 7.80. The van der Waals surface area contributed by atoms with Crippen LogP contribution in [0.1, 0.15) is 48.3 Å². The SMILES string of the molecule is CCCNC(COCCC)c1sc(C)nc1C. The molecule has 0 aliphatic rings. The van der Waals surface area contributed by atoms with Crippen molar-refractivity contribution < 1.29 is 4.74 Å². The molecule has 0 radical (unpaired) electrons. The summed E-state index contributed by atoms with van der Waals surface area (Å²) in [7, 11) is 0. The van der Waals surface area contributed by atoms with Crippen molar-refractivity contribution in [3.63, 3.8) is 0 Å². The topological polar surface area (TPSA) is 34.1 Å². The average molecular weight is 256 g/mol. The summed E-state index contributed by atoms with van der Waals surface area (Å²) in [6.07, 6.45) is 2.21. The van der Waals surface area contributed by atoms with Crippen LogP contribution in [-0.2, 0) is 4.74 Å². The third-order valence-corrected chi connectivity index (χ3v) is 3.72. The lowest BCUT2D eigenvalue weighted by Crippen LogP contribution is -2.26. The standard InChI is InChI=1S/C13H24N2OS/c1-5-7-14-12(9-16-8-6-2)13-10(3)15-11(4)17-13/h12,14H,5-9H2,1-4H3. The van der Waals surface area contributed by atoms with Crippen LogP contribution >= 0.6 is 11.3 Å². The third-order valence-electron chi connectivity index (χ3n) is 2.53. The van der Waals surface area contributed by atoms with Crippen LogP contribution in [0.4, 0.5) is 0 Å². The molecule has 1 aromatic rings. The van der Waals surface area contributed by atoms with E-state index >= 15 is 0 Å². The monoisotopic (exact) mass is 256 g/mol. The van der Waals surface area contributed by atoms with Gasteiger partial charge in [-0.1, -0.05) is 13.8 Å². The molecule has 0 aromatic carbocycles. The smallest absolute Gasteiger partial charge is 0.0900 e. The van der Waals surface area contributed by atoms with E-state index in [9.17, 15) is 0 Å². The third kappa shape index (κ3) is 4.74. The minimum atomic E-state index is 0.299. The number of hydrogen-bond donors (Lipinski definition) is 1. The molecular formula is C13H24N2OS. The van der Waals surface area contributed by atoms with E-state index in [1.807, 2.05) is 0 Å². The Hall–Kier alpha value is -0.450. The molecule has 0 fully saturated rings. The molecule has 1 aromatic heterocycles. The molecule has 1 N–H and O–H groups in total. The van der Waals surface area contributed by atoms with Gasteiger partial charge in [0.1, 0.15) is 0 Å². The Balaban J connectivity index is 2.64. The van der Waals surface area contributed by atoms with Crippen molar-refractivity contribution in [2.45, 2.75) is 46.6 Å². The summed E-state index contributed by atoms with van der Waals surface area (Å²) in [5.74, 6) is 0. The van der Waals surface area contributed by atoms with Gasteiger partial charge in [0, 0.05) is 11.5 Å². The van der Waals surface area contributed by atoms with Crippen LogP contribution in [0, 0.1) is 13.8 Å². The van der Waals surface area contributed by atoms with Crippen molar-refractivity contribution in [2.24, 2.45) is 0 Å². The Kier molecular flexibility index (Phi) is 6.70. The second-order valence-corrected chi connectivity index (χ2v) is 5.50. The maximum Gasteiger partial charge on any atom is 0.0900 e. The van der Waals surface area contributed by atoms with Gasteiger partial charge in [-0.2, -0.15) is 0 Å². The molecule has 4 heteroatoms. The van der Waals surface area contributed by atoms with E-state index in [0.29, 0.717) is 6.04 Å². The molecule has 17 heavy (non-hydrogen) atoms. The zero-order valence-corrected chi connectivity index (χ0v) is 12.2. The maximum absolute atomic E-state index is 5.68. The predicted octanol–water partition coefficient (Wildman–Crippen LogP) is 3.23. The molecule has 0 spiro atoms. The molecule has 1 heterocycles. The summed E-state index contributed by atoms with van der Waals surface area (Å²) < 4.78 is 5.68. The number of ether oxygens (including phenoxy) is 1. The Bertz CT molecular complexity index is 325. The molecule has 0 aliphatic heterocycles. The fourth-order valence-electron chi connectivity index (χ4n) is 1.76. The van der Waals surface area contributed by atoms with Gasteiger partial charge in [-0.05, 0) is 33.2 Å². The van der Waals surface area contributed by atoms with Gasteiger partial charge in [0.05, 0.1) is 23.4 Å². The Morgan fingerprint density at radius 1 is 1.29 bits per heavy atom. The van der Waals surface area contributed by atoms with E-state index in [1.54, 1.807) is 11.3 Å². The van der Waals surface area contributed by atoms with E-state index in [-0.39, 0.29) is 0 Å². The molecule has 0 saturated carbocycles. The summed E-state index contributed by atoms with van der Waals surface area (Å²) in [6, 6.07) is 0.299. The number of aryl methyl sites for hydroxylation is 2.